The lowest BCUT2D eigenvalue weighted by atomic mass is 10.1. The molecule has 0 aliphatic carbocycles. The molecule has 0 saturated carbocycles. The van der Waals surface area contributed by atoms with E-state index in [2.05, 4.69) is 20.2 Å². The van der Waals surface area contributed by atoms with Crippen LogP contribution in [0, 0.1) is 0 Å². The van der Waals surface area contributed by atoms with Crippen LogP contribution in [0.3, 0.4) is 0 Å². The molecule has 0 N–H and O–H groups in total. The lowest BCUT2D eigenvalue weighted by molar-refractivity contribution is 0.316. The molecule has 0 radical (unpaired) electrons. The predicted octanol–water partition coefficient (Wildman–Crippen LogP) is 1.86. The number of nitrogens with zero attached hydrogens (tertiary/aromatic N) is 4. The Labute approximate surface area is 104 Å². The average Bonchev–Trinajstić information content (AvgIpc) is 2.49. The number of allylic oxidation sites excluding steroid dienone is 2. The van der Waals surface area contributed by atoms with Crippen LogP contribution in [0.1, 0.15) is 5.56 Å². The van der Waals surface area contributed by atoms with E-state index in [1.54, 1.807) is 30.9 Å². The van der Waals surface area contributed by atoms with Crippen molar-refractivity contribution in [2.75, 3.05) is 6.61 Å². The Morgan fingerprint density at radius 1 is 1.00 bits per heavy atom. The summed E-state index contributed by atoms with van der Waals surface area (Å²) in [6.07, 6.45) is 12.5. The maximum Gasteiger partial charge on any atom is 0.161 e. The second-order valence-electron chi connectivity index (χ2n) is 3.66. The number of hydrogen-bond acceptors (Lipinski definition) is 5. The highest BCUT2D eigenvalue weighted by molar-refractivity contribution is 5.75. The van der Waals surface area contributed by atoms with Crippen LogP contribution in [-0.4, -0.2) is 26.8 Å². The maximum atomic E-state index is 5.58. The van der Waals surface area contributed by atoms with Gasteiger partial charge in [0.2, 0.25) is 0 Å². The minimum Gasteiger partial charge on any atom is -0.489 e. The lowest BCUT2D eigenvalue weighted by Crippen LogP contribution is -2.01. The van der Waals surface area contributed by atoms with Crippen LogP contribution in [-0.2, 0) is 4.74 Å². The Balaban J connectivity index is 2.11. The summed E-state index contributed by atoms with van der Waals surface area (Å²) >= 11 is 0. The van der Waals surface area contributed by atoms with Crippen LogP contribution in [0.4, 0.5) is 0 Å². The van der Waals surface area contributed by atoms with Crippen LogP contribution in [0.5, 0.6) is 0 Å². The van der Waals surface area contributed by atoms with Crippen LogP contribution in [0.15, 0.2) is 49.1 Å². The van der Waals surface area contributed by atoms with Gasteiger partial charge in [-0.2, -0.15) is 10.2 Å². The van der Waals surface area contributed by atoms with Crippen molar-refractivity contribution in [3.63, 3.8) is 0 Å². The second kappa shape index (κ2) is 4.75. The zero-order chi connectivity index (χ0) is 12.2. The first kappa shape index (κ1) is 10.6. The van der Waals surface area contributed by atoms with E-state index in [1.165, 1.54) is 0 Å². The topological polar surface area (TPSA) is 60.8 Å². The fourth-order valence-electron chi connectivity index (χ4n) is 1.70. The lowest BCUT2D eigenvalue weighted by Gasteiger charge is -2.13. The van der Waals surface area contributed by atoms with E-state index in [0.29, 0.717) is 12.4 Å². The molecule has 0 amide bonds. The first-order valence-electron chi connectivity index (χ1n) is 5.53. The number of aromatic nitrogens is 4. The fraction of sp³-hybridized carbons (Fsp3) is 0.0769. The van der Waals surface area contributed by atoms with Crippen molar-refractivity contribution in [3.05, 3.63) is 54.6 Å². The van der Waals surface area contributed by atoms with Crippen LogP contribution < -0.4 is 0 Å². The Hall–Kier alpha value is -2.56. The van der Waals surface area contributed by atoms with Gasteiger partial charge in [0.15, 0.2) is 5.82 Å². The van der Waals surface area contributed by atoms with E-state index in [4.69, 9.17) is 4.74 Å². The summed E-state index contributed by atoms with van der Waals surface area (Å²) in [6.45, 7) is 0.559. The molecule has 0 saturated heterocycles. The molecule has 5 nitrogen and oxygen atoms in total. The molecule has 5 heteroatoms. The fourth-order valence-corrected chi connectivity index (χ4v) is 1.70. The van der Waals surface area contributed by atoms with Crippen molar-refractivity contribution in [1.29, 1.82) is 0 Å². The molecule has 0 spiro atoms. The highest BCUT2D eigenvalue weighted by Crippen LogP contribution is 2.26. The van der Waals surface area contributed by atoms with Gasteiger partial charge < -0.3 is 4.74 Å². The van der Waals surface area contributed by atoms with Crippen LogP contribution in [0.2, 0.25) is 0 Å². The third-order valence-corrected chi connectivity index (χ3v) is 2.52. The van der Waals surface area contributed by atoms with Gasteiger partial charge in [0.25, 0.3) is 0 Å². The molecule has 0 unspecified atom stereocenters. The summed E-state index contributed by atoms with van der Waals surface area (Å²) in [6, 6.07) is 1.77. The Morgan fingerprint density at radius 2 is 1.78 bits per heavy atom. The minimum absolute atomic E-state index is 0.559. The normalized spacial score (nSPS) is 13.9. The van der Waals surface area contributed by atoms with E-state index < -0.39 is 0 Å². The minimum atomic E-state index is 0.559. The van der Waals surface area contributed by atoms with Gasteiger partial charge in [0.05, 0.1) is 18.0 Å². The zero-order valence-electron chi connectivity index (χ0n) is 9.52. The number of rotatable bonds is 2. The van der Waals surface area contributed by atoms with Crippen molar-refractivity contribution >= 4 is 5.76 Å². The maximum absolute atomic E-state index is 5.58. The smallest absolute Gasteiger partial charge is 0.161 e. The van der Waals surface area contributed by atoms with Gasteiger partial charge in [-0.15, -0.1) is 0 Å². The first-order valence-corrected chi connectivity index (χ1v) is 5.53. The second-order valence-corrected chi connectivity index (χ2v) is 3.66. The predicted molar refractivity (Wildman–Crippen MR) is 66.1 cm³/mol. The molecule has 2 aromatic heterocycles. The highest BCUT2D eigenvalue weighted by Gasteiger charge is 2.13. The monoisotopic (exact) mass is 238 g/mol. The van der Waals surface area contributed by atoms with Crippen LogP contribution in [0.25, 0.3) is 17.1 Å². The van der Waals surface area contributed by atoms with Crippen molar-refractivity contribution in [2.45, 2.75) is 0 Å². The van der Waals surface area contributed by atoms with Gasteiger partial charge in [-0.25, -0.2) is 9.97 Å². The molecule has 1 aliphatic heterocycles. The molecule has 88 valence electrons. The summed E-state index contributed by atoms with van der Waals surface area (Å²) in [7, 11) is 0. The Morgan fingerprint density at radius 3 is 2.50 bits per heavy atom. The molecule has 1 aliphatic rings. The Bertz CT molecular complexity index is 607. The zero-order valence-corrected chi connectivity index (χ0v) is 9.52. The summed E-state index contributed by atoms with van der Waals surface area (Å²) in [4.78, 5) is 8.45. The third-order valence-electron chi connectivity index (χ3n) is 2.52. The van der Waals surface area contributed by atoms with Crippen molar-refractivity contribution < 1.29 is 4.74 Å². The van der Waals surface area contributed by atoms with E-state index in [1.807, 2.05) is 18.2 Å². The van der Waals surface area contributed by atoms with Crippen molar-refractivity contribution in [1.82, 2.24) is 20.2 Å². The first-order chi connectivity index (χ1) is 8.95. The van der Waals surface area contributed by atoms with Gasteiger partial charge in [-0.1, -0.05) is 6.08 Å². The summed E-state index contributed by atoms with van der Waals surface area (Å²) < 4.78 is 5.58. The average molecular weight is 238 g/mol. The number of ether oxygens (including phenoxy) is 1. The molecule has 3 rings (SSSR count). The quantitative estimate of drug-likeness (QED) is 0.799. The van der Waals surface area contributed by atoms with Gasteiger partial charge >= 0.3 is 0 Å². The largest absolute Gasteiger partial charge is 0.489 e. The van der Waals surface area contributed by atoms with Gasteiger partial charge in [-0.3, -0.25) is 0 Å². The SMILES string of the molecule is C1=CCOC(c2cnncc2-c2ncccn2)=C1. The van der Waals surface area contributed by atoms with E-state index in [-0.39, 0.29) is 0 Å². The molecule has 0 atom stereocenters. The number of hydrogen-bond donors (Lipinski definition) is 0. The molecular weight excluding hydrogens is 228 g/mol. The Kier molecular flexibility index (Phi) is 2.79. The van der Waals surface area contributed by atoms with Crippen molar-refractivity contribution in [3.8, 4) is 11.4 Å². The van der Waals surface area contributed by atoms with Gasteiger partial charge in [0, 0.05) is 18.0 Å². The molecule has 3 heterocycles. The van der Waals surface area contributed by atoms with Crippen LogP contribution >= 0.6 is 0 Å². The molecule has 2 aromatic rings. The molecule has 0 aromatic carbocycles. The van der Waals surface area contributed by atoms with Crippen molar-refractivity contribution in [2.24, 2.45) is 0 Å². The summed E-state index contributed by atoms with van der Waals surface area (Å²) in [5.74, 6) is 1.37. The molecule has 0 fully saturated rings. The molecular formula is C13H10N4O. The molecule has 0 bridgehead atoms. The van der Waals surface area contributed by atoms with E-state index in [9.17, 15) is 0 Å². The van der Waals surface area contributed by atoms with Gasteiger partial charge in [0.1, 0.15) is 12.4 Å². The van der Waals surface area contributed by atoms with E-state index >= 15 is 0 Å². The highest BCUT2D eigenvalue weighted by atomic mass is 16.5. The standard InChI is InChI=1S/C13H10N4O/c1-2-7-18-12(4-1)10-8-16-17-9-11(10)13-14-5-3-6-15-13/h1-6,8-9H,7H2. The summed E-state index contributed by atoms with van der Waals surface area (Å²) in [5, 5.41) is 7.78. The van der Waals surface area contributed by atoms with Gasteiger partial charge in [-0.05, 0) is 18.2 Å². The van der Waals surface area contributed by atoms with E-state index in [0.717, 1.165) is 16.9 Å². The third kappa shape index (κ3) is 1.98. The molecule has 18 heavy (non-hydrogen) atoms. The summed E-state index contributed by atoms with van der Waals surface area (Å²) in [5.41, 5.74) is 1.66.